The van der Waals surface area contributed by atoms with E-state index in [2.05, 4.69) is 15.3 Å². The van der Waals surface area contributed by atoms with Crippen LogP contribution in [0.2, 0.25) is 5.15 Å². The van der Waals surface area contributed by atoms with E-state index < -0.39 is 30.0 Å². The van der Waals surface area contributed by atoms with Gasteiger partial charge in [0, 0.05) is 18.3 Å². The molecule has 10 heteroatoms. The Bertz CT molecular complexity index is 780. The fourth-order valence-corrected chi connectivity index (χ4v) is 3.01. The lowest BCUT2D eigenvalue weighted by Crippen LogP contribution is -2.41. The molecule has 2 rings (SSSR count). The predicted octanol–water partition coefficient (Wildman–Crippen LogP) is 4.39. The first-order chi connectivity index (χ1) is 13.2. The number of alkyl carbamates (subject to hydrolysis) is 1. The molecule has 7 nitrogen and oxygen atoms in total. The molecule has 1 aliphatic heterocycles. The van der Waals surface area contributed by atoms with Gasteiger partial charge in [0.1, 0.15) is 10.8 Å². The van der Waals surface area contributed by atoms with Crippen LogP contribution in [0.15, 0.2) is 16.8 Å². The van der Waals surface area contributed by atoms with Gasteiger partial charge >= 0.3 is 13.2 Å². The van der Waals surface area contributed by atoms with Gasteiger partial charge in [-0.25, -0.2) is 14.8 Å². The van der Waals surface area contributed by atoms with Crippen molar-refractivity contribution >= 4 is 42.7 Å². The van der Waals surface area contributed by atoms with Crippen molar-refractivity contribution in [3.63, 3.8) is 0 Å². The summed E-state index contributed by atoms with van der Waals surface area (Å²) >= 11 is 7.72. The van der Waals surface area contributed by atoms with E-state index in [-0.39, 0.29) is 6.54 Å². The Balaban J connectivity index is 2.30. The Kier molecular flexibility index (Phi) is 7.31. The fraction of sp³-hybridized carbons (Fsp3) is 0.632. The average Bonchev–Trinajstić information content (AvgIpc) is 2.78. The van der Waals surface area contributed by atoms with Gasteiger partial charge in [0.05, 0.1) is 11.2 Å². The van der Waals surface area contributed by atoms with Crippen molar-refractivity contribution in [1.82, 2.24) is 15.3 Å². The Labute approximate surface area is 182 Å². The minimum atomic E-state index is -0.661. The molecule has 1 amide bonds. The third-order valence-electron chi connectivity index (χ3n) is 4.66. The van der Waals surface area contributed by atoms with Crippen LogP contribution in [0.3, 0.4) is 0 Å². The molecule has 0 aliphatic carbocycles. The molecule has 29 heavy (non-hydrogen) atoms. The molecule has 1 fully saturated rings. The van der Waals surface area contributed by atoms with Crippen LogP contribution in [0.25, 0.3) is 6.08 Å². The molecule has 160 valence electrons. The highest BCUT2D eigenvalue weighted by Gasteiger charge is 2.52. The second kappa shape index (κ2) is 8.84. The molecule has 1 aliphatic rings. The van der Waals surface area contributed by atoms with Crippen LogP contribution in [-0.4, -0.2) is 52.8 Å². The monoisotopic (exact) mass is 441 g/mol. The second-order valence-electron chi connectivity index (χ2n) is 8.77. The maximum absolute atomic E-state index is 12.1. The molecule has 0 saturated carbocycles. The van der Waals surface area contributed by atoms with Gasteiger partial charge in [-0.1, -0.05) is 29.4 Å². The van der Waals surface area contributed by atoms with Crippen molar-refractivity contribution in [3.8, 4) is 0 Å². The highest BCUT2D eigenvalue weighted by atomic mass is 35.5. The van der Waals surface area contributed by atoms with Gasteiger partial charge in [0.25, 0.3) is 0 Å². The number of hydrogen-bond acceptors (Lipinski definition) is 7. The van der Waals surface area contributed by atoms with E-state index in [0.29, 0.717) is 21.3 Å². The molecule has 1 aromatic heterocycles. The van der Waals surface area contributed by atoms with Crippen LogP contribution in [-0.2, 0) is 14.0 Å². The van der Waals surface area contributed by atoms with Gasteiger partial charge in [-0.3, -0.25) is 0 Å². The quantitative estimate of drug-likeness (QED) is 0.314. The van der Waals surface area contributed by atoms with Gasteiger partial charge in [-0.15, -0.1) is 0 Å². The summed E-state index contributed by atoms with van der Waals surface area (Å²) in [4.78, 5) is 20.7. The smallest absolute Gasteiger partial charge is 0.444 e. The number of rotatable bonds is 5. The molecule has 0 unspecified atom stereocenters. The van der Waals surface area contributed by atoms with Gasteiger partial charge in [-0.2, -0.15) is 0 Å². The normalized spacial score (nSPS) is 18.7. The summed E-state index contributed by atoms with van der Waals surface area (Å²) in [7, 11) is -0.661. The van der Waals surface area contributed by atoms with Crippen LogP contribution in [0.5, 0.6) is 0 Å². The first kappa shape index (κ1) is 24.0. The lowest BCUT2D eigenvalue weighted by molar-refractivity contribution is 0.00578. The third kappa shape index (κ3) is 6.34. The molecule has 0 spiro atoms. The van der Waals surface area contributed by atoms with Crippen LogP contribution in [0.4, 0.5) is 4.79 Å². The molecule has 0 radical (unpaired) electrons. The lowest BCUT2D eigenvalue weighted by atomic mass is 9.77. The minimum Gasteiger partial charge on any atom is -0.444 e. The van der Waals surface area contributed by atoms with Crippen LogP contribution in [0, 0.1) is 0 Å². The number of hydrogen-bond donors (Lipinski definition) is 1. The van der Waals surface area contributed by atoms with E-state index in [1.165, 1.54) is 11.8 Å². The highest BCUT2D eigenvalue weighted by Crippen LogP contribution is 2.39. The summed E-state index contributed by atoms with van der Waals surface area (Å²) in [6.45, 7) is 13.5. The summed E-state index contributed by atoms with van der Waals surface area (Å²) in [5.74, 6) is 0. The number of amides is 1. The van der Waals surface area contributed by atoms with Crippen LogP contribution >= 0.6 is 23.4 Å². The van der Waals surface area contributed by atoms with Gasteiger partial charge in [-0.05, 0) is 60.2 Å². The Morgan fingerprint density at radius 2 is 1.90 bits per heavy atom. The zero-order valence-electron chi connectivity index (χ0n) is 18.3. The summed E-state index contributed by atoms with van der Waals surface area (Å²) in [5.41, 5.74) is -0.349. The van der Waals surface area contributed by atoms with E-state index in [0.717, 1.165) is 0 Å². The first-order valence-corrected chi connectivity index (χ1v) is 10.9. The first-order valence-electron chi connectivity index (χ1n) is 9.33. The topological polar surface area (TPSA) is 82.6 Å². The van der Waals surface area contributed by atoms with Crippen LogP contribution < -0.4 is 5.32 Å². The number of thioether (sulfide) groups is 1. The fourth-order valence-electron chi connectivity index (χ4n) is 2.44. The molecular weight excluding hydrogens is 413 g/mol. The second-order valence-corrected chi connectivity index (χ2v) is 9.90. The lowest BCUT2D eigenvalue weighted by Gasteiger charge is -2.32. The van der Waals surface area contributed by atoms with E-state index in [1.54, 1.807) is 12.3 Å². The van der Waals surface area contributed by atoms with E-state index in [9.17, 15) is 4.79 Å². The molecular formula is C19H29BClN3O4S. The molecule has 0 bridgehead atoms. The Morgan fingerprint density at radius 3 is 2.38 bits per heavy atom. The minimum absolute atomic E-state index is 0.159. The van der Waals surface area contributed by atoms with Gasteiger partial charge in [0.15, 0.2) is 5.16 Å². The summed E-state index contributed by atoms with van der Waals surface area (Å²) in [5, 5.41) is 3.65. The van der Waals surface area contributed by atoms with Crippen molar-refractivity contribution in [1.29, 1.82) is 0 Å². The van der Waals surface area contributed by atoms with Crippen molar-refractivity contribution < 1.29 is 18.8 Å². The number of aromatic nitrogens is 2. The Morgan fingerprint density at radius 1 is 1.31 bits per heavy atom. The Hall–Kier alpha value is -1.29. The molecule has 1 N–H and O–H groups in total. The predicted molar refractivity (Wildman–Crippen MR) is 117 cm³/mol. The number of nitrogens with one attached hydrogen (secondary N) is 1. The van der Waals surface area contributed by atoms with E-state index in [1.807, 2.05) is 54.7 Å². The largest absolute Gasteiger partial charge is 0.492 e. The number of nitrogens with zero attached hydrogens (tertiary/aromatic N) is 2. The number of halogens is 1. The van der Waals surface area contributed by atoms with Crippen molar-refractivity contribution in [2.75, 3.05) is 12.8 Å². The summed E-state index contributed by atoms with van der Waals surface area (Å²) in [6, 6.07) is 0. The maximum atomic E-state index is 12.1. The molecule has 2 heterocycles. The number of carbonyl (C=O) groups is 1. The molecule has 1 saturated heterocycles. The highest BCUT2D eigenvalue weighted by molar-refractivity contribution is 7.98. The van der Waals surface area contributed by atoms with Crippen molar-refractivity contribution in [2.24, 2.45) is 0 Å². The van der Waals surface area contributed by atoms with E-state index >= 15 is 0 Å². The number of carbonyl (C=O) groups excluding carboxylic acids is 1. The van der Waals surface area contributed by atoms with Gasteiger partial charge < -0.3 is 19.4 Å². The van der Waals surface area contributed by atoms with Crippen molar-refractivity contribution in [2.45, 2.75) is 70.4 Å². The zero-order chi connectivity index (χ0) is 22.0. The average molecular weight is 442 g/mol. The summed E-state index contributed by atoms with van der Waals surface area (Å²) in [6.07, 6.45) is 4.77. The zero-order valence-corrected chi connectivity index (χ0v) is 19.8. The summed E-state index contributed by atoms with van der Waals surface area (Å²) < 4.78 is 17.6. The molecule has 0 atom stereocenters. The maximum Gasteiger partial charge on any atom is 0.492 e. The molecule has 0 aromatic carbocycles. The van der Waals surface area contributed by atoms with Crippen molar-refractivity contribution in [3.05, 3.63) is 22.4 Å². The SMILES string of the molecule is CSc1ncc(C=C(CNC(=O)OC(C)(C)C)B2OC(C)(C)C(C)(C)O2)c(Cl)n1. The van der Waals surface area contributed by atoms with E-state index in [4.69, 9.17) is 25.6 Å². The number of ether oxygens (including phenoxy) is 1. The van der Waals surface area contributed by atoms with Crippen LogP contribution in [0.1, 0.15) is 54.0 Å². The van der Waals surface area contributed by atoms with Gasteiger partial charge in [0.2, 0.25) is 0 Å². The third-order valence-corrected chi connectivity index (χ3v) is 5.53. The standard InChI is InChI=1S/C19H29BClN3O4S/c1-17(2,3)26-16(25)23-11-13(20-27-18(4,5)19(6,7)28-20)9-12-10-22-15(29-8)24-14(12)21/h9-10H,11H2,1-8H3,(H,23,25). The molecule has 1 aromatic rings.